The molecule has 6 heteroatoms. The zero-order valence-electron chi connectivity index (χ0n) is 15.4. The molecule has 27 heavy (non-hydrogen) atoms. The number of hydrogen-bond donors (Lipinski definition) is 1. The molecule has 0 saturated carbocycles. The fourth-order valence-corrected chi connectivity index (χ4v) is 3.37. The maximum Gasteiger partial charge on any atom is 0.257 e. The molecule has 0 aliphatic rings. The molecule has 0 unspecified atom stereocenters. The summed E-state index contributed by atoms with van der Waals surface area (Å²) < 4.78 is 10.7. The number of carbonyl (C=O) groups excluding carboxylic acids is 1. The molecular formula is C21H22N2O3S. The van der Waals surface area contributed by atoms with Crippen molar-refractivity contribution >= 4 is 17.2 Å². The highest BCUT2D eigenvalue weighted by atomic mass is 32.1. The number of thiazole rings is 1. The van der Waals surface area contributed by atoms with Gasteiger partial charge in [-0.25, -0.2) is 4.98 Å². The molecule has 3 aromatic rings. The molecule has 2 aromatic carbocycles. The van der Waals surface area contributed by atoms with Crippen LogP contribution in [0.3, 0.4) is 0 Å². The van der Waals surface area contributed by atoms with E-state index in [0.29, 0.717) is 24.5 Å². The normalized spacial score (nSPS) is 10.4. The van der Waals surface area contributed by atoms with Crippen LogP contribution in [0.15, 0.2) is 53.9 Å². The Labute approximate surface area is 163 Å². The predicted molar refractivity (Wildman–Crippen MR) is 107 cm³/mol. The molecule has 0 radical (unpaired) electrons. The molecule has 1 N–H and O–H groups in total. The van der Waals surface area contributed by atoms with Crippen LogP contribution in [0.1, 0.15) is 11.3 Å². The third kappa shape index (κ3) is 5.31. The summed E-state index contributed by atoms with van der Waals surface area (Å²) in [5.74, 6) is 0.990. The van der Waals surface area contributed by atoms with E-state index >= 15 is 0 Å². The van der Waals surface area contributed by atoms with Crippen LogP contribution >= 0.6 is 11.3 Å². The van der Waals surface area contributed by atoms with E-state index in [-0.39, 0.29) is 12.5 Å². The van der Waals surface area contributed by atoms with Crippen molar-refractivity contribution in [1.29, 1.82) is 0 Å². The average Bonchev–Trinajstić information content (AvgIpc) is 3.16. The molecule has 0 aliphatic carbocycles. The first kappa shape index (κ1) is 18.9. The van der Waals surface area contributed by atoms with E-state index in [1.54, 1.807) is 30.6 Å². The lowest BCUT2D eigenvalue weighted by Gasteiger charge is -2.10. The number of nitrogens with zero attached hydrogens (tertiary/aromatic N) is 1. The summed E-state index contributed by atoms with van der Waals surface area (Å²) in [7, 11) is 1.57. The minimum Gasteiger partial charge on any atom is -0.493 e. The molecule has 0 saturated heterocycles. The summed E-state index contributed by atoms with van der Waals surface area (Å²) >= 11 is 1.62. The number of rotatable bonds is 8. The Morgan fingerprint density at radius 1 is 1.11 bits per heavy atom. The SMILES string of the molecule is COc1ccccc1OCC(=O)NCCc1csc(-c2ccc(C)cc2)n1. The van der Waals surface area contributed by atoms with Gasteiger partial charge in [0.25, 0.3) is 5.91 Å². The van der Waals surface area contributed by atoms with Crippen LogP contribution in [-0.4, -0.2) is 31.2 Å². The second kappa shape index (κ2) is 9.19. The number of para-hydroxylation sites is 2. The third-order valence-electron chi connectivity index (χ3n) is 3.98. The molecule has 1 heterocycles. The predicted octanol–water partition coefficient (Wildman–Crippen LogP) is 3.86. The van der Waals surface area contributed by atoms with Crippen molar-refractivity contribution in [2.45, 2.75) is 13.3 Å². The van der Waals surface area contributed by atoms with E-state index in [1.807, 2.05) is 17.5 Å². The fraction of sp³-hybridized carbons (Fsp3) is 0.238. The number of ether oxygens (including phenoxy) is 2. The lowest BCUT2D eigenvalue weighted by atomic mass is 10.2. The first-order chi connectivity index (χ1) is 13.2. The van der Waals surface area contributed by atoms with Gasteiger partial charge < -0.3 is 14.8 Å². The average molecular weight is 382 g/mol. The van der Waals surface area contributed by atoms with Crippen LogP contribution in [0.25, 0.3) is 10.6 Å². The van der Waals surface area contributed by atoms with Gasteiger partial charge in [0.1, 0.15) is 5.01 Å². The lowest BCUT2D eigenvalue weighted by Crippen LogP contribution is -2.30. The van der Waals surface area contributed by atoms with Gasteiger partial charge in [-0.1, -0.05) is 42.0 Å². The van der Waals surface area contributed by atoms with Gasteiger partial charge in [0, 0.05) is 23.9 Å². The van der Waals surface area contributed by atoms with Crippen molar-refractivity contribution in [1.82, 2.24) is 10.3 Å². The Hall–Kier alpha value is -2.86. The second-order valence-corrected chi connectivity index (χ2v) is 6.91. The topological polar surface area (TPSA) is 60.5 Å². The summed E-state index contributed by atoms with van der Waals surface area (Å²) in [5, 5.41) is 5.89. The quantitative estimate of drug-likeness (QED) is 0.643. The van der Waals surface area contributed by atoms with Gasteiger partial charge in [0.05, 0.1) is 12.8 Å². The Kier molecular flexibility index (Phi) is 6.44. The molecule has 0 spiro atoms. The van der Waals surface area contributed by atoms with E-state index in [9.17, 15) is 4.79 Å². The van der Waals surface area contributed by atoms with Crippen molar-refractivity contribution in [2.75, 3.05) is 20.3 Å². The van der Waals surface area contributed by atoms with Gasteiger partial charge in [-0.15, -0.1) is 11.3 Å². The van der Waals surface area contributed by atoms with E-state index in [0.717, 1.165) is 16.3 Å². The summed E-state index contributed by atoms with van der Waals surface area (Å²) in [5.41, 5.74) is 3.32. The van der Waals surface area contributed by atoms with E-state index in [4.69, 9.17) is 9.47 Å². The van der Waals surface area contributed by atoms with Crippen LogP contribution in [0.2, 0.25) is 0 Å². The molecule has 0 bridgehead atoms. The lowest BCUT2D eigenvalue weighted by molar-refractivity contribution is -0.123. The standard InChI is InChI=1S/C21H22N2O3S/c1-15-7-9-16(10-8-15)21-23-17(14-27-21)11-12-22-20(24)13-26-19-6-4-3-5-18(19)25-2/h3-10,14H,11-13H2,1-2H3,(H,22,24). The number of amides is 1. The van der Waals surface area contributed by atoms with Gasteiger partial charge in [-0.05, 0) is 19.1 Å². The van der Waals surface area contributed by atoms with Crippen molar-refractivity contribution < 1.29 is 14.3 Å². The van der Waals surface area contributed by atoms with Gasteiger partial charge >= 0.3 is 0 Å². The van der Waals surface area contributed by atoms with Crippen LogP contribution in [0.5, 0.6) is 11.5 Å². The van der Waals surface area contributed by atoms with Crippen LogP contribution in [0.4, 0.5) is 0 Å². The number of carbonyl (C=O) groups is 1. The highest BCUT2D eigenvalue weighted by molar-refractivity contribution is 7.13. The van der Waals surface area contributed by atoms with Crippen LogP contribution < -0.4 is 14.8 Å². The summed E-state index contributed by atoms with van der Waals surface area (Å²) in [6.45, 7) is 2.54. The Morgan fingerprint density at radius 3 is 2.59 bits per heavy atom. The summed E-state index contributed by atoms with van der Waals surface area (Å²) in [4.78, 5) is 16.6. The second-order valence-electron chi connectivity index (χ2n) is 6.05. The Morgan fingerprint density at radius 2 is 1.85 bits per heavy atom. The molecule has 1 aromatic heterocycles. The van der Waals surface area contributed by atoms with Crippen molar-refractivity contribution in [3.8, 4) is 22.1 Å². The Balaban J connectivity index is 1.44. The van der Waals surface area contributed by atoms with Crippen molar-refractivity contribution in [3.05, 3.63) is 65.2 Å². The highest BCUT2D eigenvalue weighted by Gasteiger charge is 2.08. The monoisotopic (exact) mass is 382 g/mol. The fourth-order valence-electron chi connectivity index (χ4n) is 2.51. The summed E-state index contributed by atoms with van der Waals surface area (Å²) in [6, 6.07) is 15.6. The van der Waals surface area contributed by atoms with E-state index in [1.165, 1.54) is 5.56 Å². The number of hydrogen-bond acceptors (Lipinski definition) is 5. The smallest absolute Gasteiger partial charge is 0.257 e. The molecule has 1 amide bonds. The molecule has 0 atom stereocenters. The maximum atomic E-state index is 12.0. The Bertz CT molecular complexity index is 890. The van der Waals surface area contributed by atoms with Gasteiger partial charge in [0.15, 0.2) is 18.1 Å². The minimum absolute atomic E-state index is 0.0495. The number of benzene rings is 2. The third-order valence-corrected chi connectivity index (χ3v) is 4.92. The first-order valence-electron chi connectivity index (χ1n) is 8.69. The number of methoxy groups -OCH3 is 1. The number of aryl methyl sites for hydroxylation is 1. The molecule has 5 nitrogen and oxygen atoms in total. The van der Waals surface area contributed by atoms with Crippen LogP contribution in [-0.2, 0) is 11.2 Å². The molecule has 0 aliphatic heterocycles. The zero-order chi connectivity index (χ0) is 19.1. The molecular weight excluding hydrogens is 360 g/mol. The van der Waals surface area contributed by atoms with Gasteiger partial charge in [0.2, 0.25) is 0 Å². The summed E-state index contributed by atoms with van der Waals surface area (Å²) in [6.07, 6.45) is 0.683. The van der Waals surface area contributed by atoms with Gasteiger partial charge in [-0.3, -0.25) is 4.79 Å². The molecule has 140 valence electrons. The molecule has 3 rings (SSSR count). The van der Waals surface area contributed by atoms with Gasteiger partial charge in [-0.2, -0.15) is 0 Å². The maximum absolute atomic E-state index is 12.0. The number of nitrogens with one attached hydrogen (secondary N) is 1. The van der Waals surface area contributed by atoms with Crippen LogP contribution in [0, 0.1) is 6.92 Å². The van der Waals surface area contributed by atoms with E-state index < -0.39 is 0 Å². The van der Waals surface area contributed by atoms with Crippen molar-refractivity contribution in [3.63, 3.8) is 0 Å². The minimum atomic E-state index is -0.171. The number of aromatic nitrogens is 1. The molecule has 0 fully saturated rings. The van der Waals surface area contributed by atoms with E-state index in [2.05, 4.69) is 41.5 Å². The van der Waals surface area contributed by atoms with Crippen molar-refractivity contribution in [2.24, 2.45) is 0 Å². The highest BCUT2D eigenvalue weighted by Crippen LogP contribution is 2.26. The first-order valence-corrected chi connectivity index (χ1v) is 9.57. The zero-order valence-corrected chi connectivity index (χ0v) is 16.2. The largest absolute Gasteiger partial charge is 0.493 e.